The molecule has 4 N–H and O–H groups in total. The number of ether oxygens (including phenoxy) is 2. The van der Waals surface area contributed by atoms with Gasteiger partial charge in [0, 0.05) is 30.6 Å². The smallest absolute Gasteiger partial charge is 0.316 e. The number of primary amides is 1. The molecule has 8 heteroatoms. The van der Waals surface area contributed by atoms with Crippen molar-refractivity contribution in [2.45, 2.75) is 19.4 Å². The standard InChI is InChI=1S/C20H21N3O5/c21-20(26)23-15-4-1-13(2-5-15)12-22-19(25)8-6-16(24)14-3-7-17-18(11-14)28-10-9-27-17/h1-5,7,11H,6,8-10,12H2,(H,22,25)(H3,21,23,26). The number of nitrogens with two attached hydrogens (primary N) is 1. The molecule has 1 heterocycles. The van der Waals surface area contributed by atoms with Crippen LogP contribution in [0.4, 0.5) is 10.5 Å². The van der Waals surface area contributed by atoms with E-state index in [1.165, 1.54) is 0 Å². The molecule has 2 aromatic rings. The molecule has 28 heavy (non-hydrogen) atoms. The molecule has 0 spiro atoms. The molecule has 1 aliphatic heterocycles. The molecule has 0 atom stereocenters. The lowest BCUT2D eigenvalue weighted by molar-refractivity contribution is -0.121. The zero-order valence-corrected chi connectivity index (χ0v) is 15.2. The van der Waals surface area contributed by atoms with Crippen LogP contribution >= 0.6 is 0 Å². The fourth-order valence-corrected chi connectivity index (χ4v) is 2.73. The number of hydrogen-bond donors (Lipinski definition) is 3. The van der Waals surface area contributed by atoms with Gasteiger partial charge in [0.25, 0.3) is 0 Å². The normalized spacial score (nSPS) is 12.1. The number of fused-ring (bicyclic) bond motifs is 1. The van der Waals surface area contributed by atoms with Crippen molar-refractivity contribution >= 4 is 23.4 Å². The predicted molar refractivity (Wildman–Crippen MR) is 102 cm³/mol. The van der Waals surface area contributed by atoms with Gasteiger partial charge in [0.2, 0.25) is 5.91 Å². The van der Waals surface area contributed by atoms with E-state index in [1.54, 1.807) is 42.5 Å². The van der Waals surface area contributed by atoms with Gasteiger partial charge < -0.3 is 25.8 Å². The van der Waals surface area contributed by atoms with Crippen LogP contribution in [-0.4, -0.2) is 30.9 Å². The van der Waals surface area contributed by atoms with Gasteiger partial charge in [-0.2, -0.15) is 0 Å². The van der Waals surface area contributed by atoms with Crippen LogP contribution < -0.4 is 25.8 Å². The Bertz CT molecular complexity index is 880. The van der Waals surface area contributed by atoms with Gasteiger partial charge in [-0.3, -0.25) is 9.59 Å². The third kappa shape index (κ3) is 5.23. The highest BCUT2D eigenvalue weighted by Gasteiger charge is 2.15. The second-order valence-corrected chi connectivity index (χ2v) is 6.24. The maximum atomic E-state index is 12.3. The van der Waals surface area contributed by atoms with E-state index in [0.29, 0.717) is 42.5 Å². The zero-order chi connectivity index (χ0) is 19.9. The number of amides is 3. The Morgan fingerprint density at radius 2 is 1.64 bits per heavy atom. The molecule has 3 rings (SSSR count). The average molecular weight is 383 g/mol. The topological polar surface area (TPSA) is 120 Å². The second-order valence-electron chi connectivity index (χ2n) is 6.24. The van der Waals surface area contributed by atoms with Crippen molar-refractivity contribution in [2.75, 3.05) is 18.5 Å². The highest BCUT2D eigenvalue weighted by atomic mass is 16.6. The molecule has 0 saturated heterocycles. The summed E-state index contributed by atoms with van der Waals surface area (Å²) in [6.07, 6.45) is 0.196. The van der Waals surface area contributed by atoms with E-state index < -0.39 is 6.03 Å². The minimum Gasteiger partial charge on any atom is -0.486 e. The highest BCUT2D eigenvalue weighted by molar-refractivity contribution is 5.98. The summed E-state index contributed by atoms with van der Waals surface area (Å²) >= 11 is 0. The largest absolute Gasteiger partial charge is 0.486 e. The first-order chi connectivity index (χ1) is 13.5. The summed E-state index contributed by atoms with van der Waals surface area (Å²) in [5.41, 5.74) is 6.98. The summed E-state index contributed by atoms with van der Waals surface area (Å²) in [5, 5.41) is 5.23. The Labute approximate surface area is 162 Å². The molecule has 3 amide bonds. The summed E-state index contributed by atoms with van der Waals surface area (Å²) in [4.78, 5) is 35.1. The lowest BCUT2D eigenvalue weighted by Crippen LogP contribution is -2.23. The molecular weight excluding hydrogens is 362 g/mol. The molecular formula is C20H21N3O5. The molecule has 0 unspecified atom stereocenters. The Kier molecular flexibility index (Phi) is 6.11. The van der Waals surface area contributed by atoms with Gasteiger partial charge in [-0.05, 0) is 35.9 Å². The van der Waals surface area contributed by atoms with Crippen molar-refractivity contribution in [1.29, 1.82) is 0 Å². The first-order valence-corrected chi connectivity index (χ1v) is 8.86. The highest BCUT2D eigenvalue weighted by Crippen LogP contribution is 2.31. The van der Waals surface area contributed by atoms with Gasteiger partial charge in [0.05, 0.1) is 0 Å². The van der Waals surface area contributed by atoms with E-state index in [-0.39, 0.29) is 24.5 Å². The Balaban J connectivity index is 1.45. The maximum absolute atomic E-state index is 12.3. The first kappa shape index (κ1) is 19.2. The zero-order valence-electron chi connectivity index (χ0n) is 15.2. The van der Waals surface area contributed by atoms with Crippen LogP contribution in [0.3, 0.4) is 0 Å². The van der Waals surface area contributed by atoms with Gasteiger partial charge in [0.1, 0.15) is 13.2 Å². The summed E-state index contributed by atoms with van der Waals surface area (Å²) in [6, 6.07) is 11.3. The predicted octanol–water partition coefficient (Wildman–Crippen LogP) is 2.23. The number of rotatable bonds is 7. The lowest BCUT2D eigenvalue weighted by Gasteiger charge is -2.18. The molecule has 1 aliphatic rings. The minimum atomic E-state index is -0.635. The van der Waals surface area contributed by atoms with Crippen molar-refractivity contribution in [2.24, 2.45) is 5.73 Å². The summed E-state index contributed by atoms with van der Waals surface area (Å²) in [7, 11) is 0. The lowest BCUT2D eigenvalue weighted by atomic mass is 10.1. The van der Waals surface area contributed by atoms with Crippen molar-refractivity contribution in [3.8, 4) is 11.5 Å². The second kappa shape index (κ2) is 8.90. The Morgan fingerprint density at radius 1 is 0.929 bits per heavy atom. The van der Waals surface area contributed by atoms with Crippen LogP contribution in [0.15, 0.2) is 42.5 Å². The number of benzene rings is 2. The number of anilines is 1. The molecule has 0 fully saturated rings. The maximum Gasteiger partial charge on any atom is 0.316 e. The van der Waals surface area contributed by atoms with Crippen molar-refractivity contribution in [1.82, 2.24) is 5.32 Å². The third-order valence-electron chi connectivity index (χ3n) is 4.15. The molecule has 0 aliphatic carbocycles. The van der Waals surface area contributed by atoms with E-state index in [0.717, 1.165) is 5.56 Å². The van der Waals surface area contributed by atoms with Crippen LogP contribution in [0.25, 0.3) is 0 Å². The van der Waals surface area contributed by atoms with Gasteiger partial charge in [0.15, 0.2) is 17.3 Å². The number of hydrogen-bond acceptors (Lipinski definition) is 5. The molecule has 0 aromatic heterocycles. The molecule has 8 nitrogen and oxygen atoms in total. The fraction of sp³-hybridized carbons (Fsp3) is 0.250. The fourth-order valence-electron chi connectivity index (χ4n) is 2.73. The van der Waals surface area contributed by atoms with E-state index in [9.17, 15) is 14.4 Å². The van der Waals surface area contributed by atoms with Crippen molar-refractivity contribution in [3.63, 3.8) is 0 Å². The van der Waals surface area contributed by atoms with E-state index in [2.05, 4.69) is 10.6 Å². The number of nitrogens with one attached hydrogen (secondary N) is 2. The number of carbonyl (C=O) groups excluding carboxylic acids is 3. The van der Waals surface area contributed by atoms with Crippen LogP contribution in [-0.2, 0) is 11.3 Å². The van der Waals surface area contributed by atoms with Crippen LogP contribution in [0, 0.1) is 0 Å². The molecule has 2 aromatic carbocycles. The minimum absolute atomic E-state index is 0.0919. The van der Waals surface area contributed by atoms with Crippen molar-refractivity contribution < 1.29 is 23.9 Å². The van der Waals surface area contributed by atoms with E-state index >= 15 is 0 Å². The number of urea groups is 1. The molecule has 0 radical (unpaired) electrons. The molecule has 0 saturated carbocycles. The van der Waals surface area contributed by atoms with Crippen LogP contribution in [0.5, 0.6) is 11.5 Å². The van der Waals surface area contributed by atoms with Crippen LogP contribution in [0.2, 0.25) is 0 Å². The van der Waals surface area contributed by atoms with Gasteiger partial charge >= 0.3 is 6.03 Å². The SMILES string of the molecule is NC(=O)Nc1ccc(CNC(=O)CCC(=O)c2ccc3c(c2)OCCO3)cc1. The van der Waals surface area contributed by atoms with Crippen molar-refractivity contribution in [3.05, 3.63) is 53.6 Å². The number of carbonyl (C=O) groups is 3. The van der Waals surface area contributed by atoms with E-state index in [4.69, 9.17) is 15.2 Å². The quantitative estimate of drug-likeness (QED) is 0.633. The van der Waals surface area contributed by atoms with Gasteiger partial charge in [-0.25, -0.2) is 4.79 Å². The molecule has 0 bridgehead atoms. The number of ketones is 1. The summed E-state index contributed by atoms with van der Waals surface area (Å²) in [6.45, 7) is 1.27. The Morgan fingerprint density at radius 3 is 2.36 bits per heavy atom. The van der Waals surface area contributed by atoms with Gasteiger partial charge in [-0.15, -0.1) is 0 Å². The number of Topliss-reactive ketones (excluding diaryl/α,β-unsaturated/α-hetero) is 1. The first-order valence-electron chi connectivity index (χ1n) is 8.86. The Hall–Kier alpha value is -3.55. The van der Waals surface area contributed by atoms with E-state index in [1.807, 2.05) is 0 Å². The third-order valence-corrected chi connectivity index (χ3v) is 4.15. The molecule has 146 valence electrons. The summed E-state index contributed by atoms with van der Waals surface area (Å²) in [5.74, 6) is 0.827. The van der Waals surface area contributed by atoms with Crippen LogP contribution in [0.1, 0.15) is 28.8 Å². The average Bonchev–Trinajstić information content (AvgIpc) is 2.70. The van der Waals surface area contributed by atoms with Gasteiger partial charge in [-0.1, -0.05) is 12.1 Å². The monoisotopic (exact) mass is 383 g/mol. The summed E-state index contributed by atoms with van der Waals surface area (Å²) < 4.78 is 10.9.